The van der Waals surface area contributed by atoms with Crippen LogP contribution < -0.4 is 0 Å². The Labute approximate surface area is 77.4 Å². The summed E-state index contributed by atoms with van der Waals surface area (Å²) in [5.41, 5.74) is -0.00926. The Morgan fingerprint density at radius 1 is 1.31 bits per heavy atom. The molecule has 1 saturated carbocycles. The van der Waals surface area contributed by atoms with Crippen molar-refractivity contribution in [2.45, 2.75) is 25.2 Å². The van der Waals surface area contributed by atoms with Gasteiger partial charge >= 0.3 is 0 Å². The lowest BCUT2D eigenvalue weighted by molar-refractivity contribution is -0.212. The molecule has 2 aliphatic rings. The van der Waals surface area contributed by atoms with Crippen molar-refractivity contribution in [2.24, 2.45) is 5.41 Å². The molecule has 3 heteroatoms. The van der Waals surface area contributed by atoms with E-state index in [1.807, 2.05) is 6.08 Å². The first-order valence-electron chi connectivity index (χ1n) is 4.76. The van der Waals surface area contributed by atoms with E-state index < -0.39 is 5.92 Å². The summed E-state index contributed by atoms with van der Waals surface area (Å²) in [7, 11) is 0. The lowest BCUT2D eigenvalue weighted by atomic mass is 9.61. The molecule has 1 heterocycles. The second-order valence-electron chi connectivity index (χ2n) is 4.50. The zero-order valence-corrected chi connectivity index (χ0v) is 7.73. The van der Waals surface area contributed by atoms with Crippen molar-refractivity contribution < 1.29 is 8.78 Å². The molecule has 0 aromatic carbocycles. The standard InChI is InChI=1S/C10H15F2N/c1-2-3-4-13-7-9(8-13)5-10(11,12)6-9/h2H,1,3-8H2. The van der Waals surface area contributed by atoms with Crippen LogP contribution in [0.15, 0.2) is 12.7 Å². The Bertz CT molecular complexity index is 209. The fourth-order valence-corrected chi connectivity index (χ4v) is 2.60. The van der Waals surface area contributed by atoms with Gasteiger partial charge in [0, 0.05) is 37.9 Å². The Kier molecular flexibility index (Phi) is 1.95. The maximum absolute atomic E-state index is 12.6. The zero-order chi connectivity index (χ0) is 9.53. The molecule has 0 radical (unpaired) electrons. The molecule has 0 unspecified atom stereocenters. The van der Waals surface area contributed by atoms with Crippen LogP contribution in [-0.4, -0.2) is 30.5 Å². The van der Waals surface area contributed by atoms with Gasteiger partial charge in [-0.05, 0) is 6.42 Å². The van der Waals surface area contributed by atoms with E-state index in [1.54, 1.807) is 0 Å². The summed E-state index contributed by atoms with van der Waals surface area (Å²) in [6.45, 7) is 6.36. The molecule has 1 saturated heterocycles. The second kappa shape index (κ2) is 2.77. The first-order chi connectivity index (χ1) is 6.05. The molecule has 0 aromatic rings. The topological polar surface area (TPSA) is 3.24 Å². The highest BCUT2D eigenvalue weighted by Gasteiger charge is 2.61. The highest BCUT2D eigenvalue weighted by Crippen LogP contribution is 2.56. The van der Waals surface area contributed by atoms with E-state index in [4.69, 9.17) is 0 Å². The van der Waals surface area contributed by atoms with E-state index in [2.05, 4.69) is 11.5 Å². The summed E-state index contributed by atoms with van der Waals surface area (Å²) < 4.78 is 25.2. The Balaban J connectivity index is 1.71. The molecule has 0 aromatic heterocycles. The van der Waals surface area contributed by atoms with Gasteiger partial charge < -0.3 is 4.90 Å². The van der Waals surface area contributed by atoms with Crippen LogP contribution in [0.1, 0.15) is 19.3 Å². The van der Waals surface area contributed by atoms with E-state index >= 15 is 0 Å². The fraction of sp³-hybridized carbons (Fsp3) is 0.800. The average Bonchev–Trinajstić information content (AvgIpc) is 1.91. The van der Waals surface area contributed by atoms with Crippen molar-refractivity contribution in [3.63, 3.8) is 0 Å². The Morgan fingerprint density at radius 2 is 1.92 bits per heavy atom. The van der Waals surface area contributed by atoms with Crippen LogP contribution in [0.5, 0.6) is 0 Å². The maximum atomic E-state index is 12.6. The van der Waals surface area contributed by atoms with Crippen LogP contribution >= 0.6 is 0 Å². The molecule has 2 fully saturated rings. The number of hydrogen-bond donors (Lipinski definition) is 0. The van der Waals surface area contributed by atoms with Crippen LogP contribution in [0.4, 0.5) is 8.78 Å². The number of nitrogens with zero attached hydrogens (tertiary/aromatic N) is 1. The molecule has 1 nitrogen and oxygen atoms in total. The molecule has 0 amide bonds. The number of likely N-dealkylation sites (tertiary alicyclic amines) is 1. The van der Waals surface area contributed by atoms with E-state index in [-0.39, 0.29) is 18.3 Å². The van der Waals surface area contributed by atoms with Crippen LogP contribution in [0, 0.1) is 5.41 Å². The van der Waals surface area contributed by atoms with Gasteiger partial charge in [0.05, 0.1) is 0 Å². The van der Waals surface area contributed by atoms with E-state index in [9.17, 15) is 8.78 Å². The quantitative estimate of drug-likeness (QED) is 0.613. The molecular formula is C10H15F2N. The Hall–Kier alpha value is -0.440. The van der Waals surface area contributed by atoms with Crippen molar-refractivity contribution >= 4 is 0 Å². The van der Waals surface area contributed by atoms with Crippen LogP contribution in [0.25, 0.3) is 0 Å². The predicted octanol–water partition coefficient (Wildman–Crippen LogP) is 2.29. The van der Waals surface area contributed by atoms with E-state index in [0.29, 0.717) is 0 Å². The number of rotatable bonds is 3. The molecule has 1 aliphatic carbocycles. The van der Waals surface area contributed by atoms with Crippen molar-refractivity contribution in [3.8, 4) is 0 Å². The molecular weight excluding hydrogens is 172 g/mol. The number of halogens is 2. The Morgan fingerprint density at radius 3 is 2.38 bits per heavy atom. The monoisotopic (exact) mass is 187 g/mol. The fourth-order valence-electron chi connectivity index (χ4n) is 2.60. The lowest BCUT2D eigenvalue weighted by Crippen LogP contribution is -2.65. The molecule has 0 atom stereocenters. The minimum Gasteiger partial charge on any atom is -0.302 e. The minimum absolute atomic E-state index is 0.00926. The van der Waals surface area contributed by atoms with Gasteiger partial charge in [-0.3, -0.25) is 0 Å². The number of alkyl halides is 2. The van der Waals surface area contributed by atoms with Gasteiger partial charge in [-0.2, -0.15) is 0 Å². The van der Waals surface area contributed by atoms with Crippen LogP contribution in [-0.2, 0) is 0 Å². The van der Waals surface area contributed by atoms with E-state index in [0.717, 1.165) is 26.1 Å². The highest BCUT2D eigenvalue weighted by atomic mass is 19.3. The van der Waals surface area contributed by atoms with Gasteiger partial charge in [0.2, 0.25) is 5.92 Å². The summed E-state index contributed by atoms with van der Waals surface area (Å²) in [6, 6.07) is 0. The molecule has 0 N–H and O–H groups in total. The van der Waals surface area contributed by atoms with Gasteiger partial charge in [0.1, 0.15) is 0 Å². The summed E-state index contributed by atoms with van der Waals surface area (Å²) in [4.78, 5) is 2.23. The highest BCUT2D eigenvalue weighted by molar-refractivity contribution is 5.07. The zero-order valence-electron chi connectivity index (χ0n) is 7.73. The van der Waals surface area contributed by atoms with Crippen LogP contribution in [0.2, 0.25) is 0 Å². The summed E-state index contributed by atoms with van der Waals surface area (Å²) >= 11 is 0. The SMILES string of the molecule is C=CCCN1CC2(C1)CC(F)(F)C2. The van der Waals surface area contributed by atoms with Crippen molar-refractivity contribution in [1.29, 1.82) is 0 Å². The lowest BCUT2D eigenvalue weighted by Gasteiger charge is -2.58. The molecule has 74 valence electrons. The van der Waals surface area contributed by atoms with Gasteiger partial charge in [-0.25, -0.2) is 8.78 Å². The smallest absolute Gasteiger partial charge is 0.249 e. The van der Waals surface area contributed by atoms with Crippen LogP contribution in [0.3, 0.4) is 0 Å². The third kappa shape index (κ3) is 1.62. The minimum atomic E-state index is -2.36. The molecule has 2 rings (SSSR count). The third-order valence-electron chi connectivity index (χ3n) is 3.03. The first kappa shape index (κ1) is 9.13. The average molecular weight is 187 g/mol. The molecule has 1 aliphatic heterocycles. The maximum Gasteiger partial charge on any atom is 0.249 e. The number of hydrogen-bond acceptors (Lipinski definition) is 1. The third-order valence-corrected chi connectivity index (χ3v) is 3.03. The van der Waals surface area contributed by atoms with Gasteiger partial charge in [-0.15, -0.1) is 6.58 Å². The molecule has 13 heavy (non-hydrogen) atoms. The van der Waals surface area contributed by atoms with Gasteiger partial charge in [0.15, 0.2) is 0 Å². The summed E-state index contributed by atoms with van der Waals surface area (Å²) in [6.07, 6.45) is 3.07. The largest absolute Gasteiger partial charge is 0.302 e. The predicted molar refractivity (Wildman–Crippen MR) is 47.9 cm³/mol. The normalized spacial score (nSPS) is 29.4. The molecule has 1 spiro atoms. The summed E-state index contributed by atoms with van der Waals surface area (Å²) in [5.74, 6) is -2.36. The van der Waals surface area contributed by atoms with Crippen molar-refractivity contribution in [2.75, 3.05) is 19.6 Å². The van der Waals surface area contributed by atoms with E-state index in [1.165, 1.54) is 0 Å². The first-order valence-corrected chi connectivity index (χ1v) is 4.76. The second-order valence-corrected chi connectivity index (χ2v) is 4.50. The molecule has 0 bridgehead atoms. The van der Waals surface area contributed by atoms with Crippen molar-refractivity contribution in [3.05, 3.63) is 12.7 Å². The van der Waals surface area contributed by atoms with Gasteiger partial charge in [0.25, 0.3) is 0 Å². The van der Waals surface area contributed by atoms with Crippen molar-refractivity contribution in [1.82, 2.24) is 4.90 Å². The van der Waals surface area contributed by atoms with Gasteiger partial charge in [-0.1, -0.05) is 6.08 Å². The summed E-state index contributed by atoms with van der Waals surface area (Å²) in [5, 5.41) is 0.